The first kappa shape index (κ1) is 31.7. The summed E-state index contributed by atoms with van der Waals surface area (Å²) < 4.78 is 3.22. The van der Waals surface area contributed by atoms with Crippen molar-refractivity contribution in [1.29, 1.82) is 0 Å². The molecule has 46 heavy (non-hydrogen) atoms. The van der Waals surface area contributed by atoms with Gasteiger partial charge in [-0.2, -0.15) is 0 Å². The summed E-state index contributed by atoms with van der Waals surface area (Å²) in [6, 6.07) is 28.3. The van der Waals surface area contributed by atoms with Gasteiger partial charge in [0.25, 0.3) is 17.4 Å². The summed E-state index contributed by atoms with van der Waals surface area (Å²) in [6.45, 7) is 3.54. The van der Waals surface area contributed by atoms with Gasteiger partial charge in [-0.25, -0.2) is 4.68 Å². The van der Waals surface area contributed by atoms with Crippen molar-refractivity contribution < 1.29 is 14.4 Å². The molecule has 3 amide bonds. The predicted octanol–water partition coefficient (Wildman–Crippen LogP) is 5.41. The van der Waals surface area contributed by atoms with E-state index in [1.54, 1.807) is 111 Å². The minimum absolute atomic E-state index is 0.0492. The zero-order valence-electron chi connectivity index (χ0n) is 25.4. The lowest BCUT2D eigenvalue weighted by Crippen LogP contribution is -2.30. The zero-order valence-corrected chi connectivity index (χ0v) is 26.2. The van der Waals surface area contributed by atoms with Gasteiger partial charge < -0.3 is 16.0 Å². The molecule has 0 bridgehead atoms. The van der Waals surface area contributed by atoms with Crippen LogP contribution < -0.4 is 21.5 Å². The molecule has 1 unspecified atom stereocenters. The van der Waals surface area contributed by atoms with E-state index in [2.05, 4.69) is 20.9 Å². The summed E-state index contributed by atoms with van der Waals surface area (Å²) in [7, 11) is 1.77. The highest BCUT2D eigenvalue weighted by Gasteiger charge is 2.22. The van der Waals surface area contributed by atoms with Gasteiger partial charge in [0.1, 0.15) is 11.4 Å². The highest BCUT2D eigenvalue weighted by Crippen LogP contribution is 2.26. The fourth-order valence-corrected chi connectivity index (χ4v) is 5.45. The Hall–Kier alpha value is -5.68. The Kier molecular flexibility index (Phi) is 9.94. The zero-order chi connectivity index (χ0) is 32.6. The topological polar surface area (TPSA) is 127 Å². The van der Waals surface area contributed by atoms with Crippen LogP contribution in [0.15, 0.2) is 125 Å². The van der Waals surface area contributed by atoms with E-state index < -0.39 is 17.1 Å². The van der Waals surface area contributed by atoms with Gasteiger partial charge in [0.15, 0.2) is 0 Å². The monoisotopic (exact) mass is 632 g/mol. The van der Waals surface area contributed by atoms with Gasteiger partial charge in [0, 0.05) is 35.6 Å². The Morgan fingerprint density at radius 1 is 0.870 bits per heavy atom. The van der Waals surface area contributed by atoms with Gasteiger partial charge in [-0.1, -0.05) is 42.5 Å². The predicted molar refractivity (Wildman–Crippen MR) is 181 cm³/mol. The third-order valence-corrected chi connectivity index (χ3v) is 8.23. The van der Waals surface area contributed by atoms with E-state index in [4.69, 9.17) is 0 Å². The van der Waals surface area contributed by atoms with Crippen molar-refractivity contribution in [2.75, 3.05) is 10.6 Å². The summed E-state index contributed by atoms with van der Waals surface area (Å²) in [5.74, 6) is -1.25. The van der Waals surface area contributed by atoms with Crippen LogP contribution in [-0.2, 0) is 16.6 Å². The van der Waals surface area contributed by atoms with E-state index in [9.17, 15) is 19.2 Å². The van der Waals surface area contributed by atoms with Crippen LogP contribution in [-0.4, -0.2) is 37.3 Å². The maximum atomic E-state index is 13.3. The highest BCUT2D eigenvalue weighted by atomic mass is 32.2. The van der Waals surface area contributed by atoms with Crippen LogP contribution in [0, 0.1) is 6.92 Å². The molecule has 0 aliphatic rings. The average Bonchev–Trinajstić information content (AvgIpc) is 3.29. The lowest BCUT2D eigenvalue weighted by Gasteiger charge is -2.13. The SMILES string of the molecule is Cc1c(NC(=O)C(C)Sc2ccc(NC(=O)/C(=C/c3cccnc3)NC(=O)c3ccccc3)cc2)c(=O)n(-c2ccccc2)n1C. The van der Waals surface area contributed by atoms with Crippen molar-refractivity contribution in [3.05, 3.63) is 142 Å². The van der Waals surface area contributed by atoms with Gasteiger partial charge >= 0.3 is 0 Å². The number of carbonyl (C=O) groups is 3. The molecular formula is C35H32N6O4S. The Balaban J connectivity index is 1.24. The van der Waals surface area contributed by atoms with E-state index in [-0.39, 0.29) is 22.9 Å². The number of aromatic nitrogens is 3. The first-order chi connectivity index (χ1) is 22.2. The van der Waals surface area contributed by atoms with E-state index in [0.29, 0.717) is 28.2 Å². The molecule has 0 spiro atoms. The van der Waals surface area contributed by atoms with Crippen LogP contribution in [0.5, 0.6) is 0 Å². The molecule has 5 rings (SSSR count). The third-order valence-electron chi connectivity index (χ3n) is 7.12. The molecule has 5 aromatic rings. The summed E-state index contributed by atoms with van der Waals surface area (Å²) in [4.78, 5) is 57.3. The van der Waals surface area contributed by atoms with Crippen molar-refractivity contribution in [3.8, 4) is 5.69 Å². The minimum Gasteiger partial charge on any atom is -0.321 e. The van der Waals surface area contributed by atoms with Crippen molar-refractivity contribution in [2.24, 2.45) is 7.05 Å². The van der Waals surface area contributed by atoms with Gasteiger partial charge in [0.2, 0.25) is 5.91 Å². The Bertz CT molecular complexity index is 1940. The summed E-state index contributed by atoms with van der Waals surface area (Å²) in [5.41, 5.74) is 2.86. The number of anilines is 2. The van der Waals surface area contributed by atoms with Crippen molar-refractivity contribution in [3.63, 3.8) is 0 Å². The molecule has 0 aliphatic carbocycles. The summed E-state index contributed by atoms with van der Waals surface area (Å²) in [5, 5.41) is 7.81. The molecule has 0 aliphatic heterocycles. The first-order valence-corrected chi connectivity index (χ1v) is 15.3. The second-order valence-corrected chi connectivity index (χ2v) is 11.7. The molecule has 2 heterocycles. The van der Waals surface area contributed by atoms with Gasteiger partial charge in [-0.3, -0.25) is 28.8 Å². The molecular weight excluding hydrogens is 600 g/mol. The molecule has 232 valence electrons. The maximum absolute atomic E-state index is 13.3. The van der Waals surface area contributed by atoms with Crippen LogP contribution in [0.4, 0.5) is 11.4 Å². The van der Waals surface area contributed by atoms with E-state index >= 15 is 0 Å². The Labute approximate surface area is 270 Å². The number of pyridine rings is 1. The average molecular weight is 633 g/mol. The number of nitrogens with zero attached hydrogens (tertiary/aromatic N) is 3. The second kappa shape index (κ2) is 14.4. The molecule has 1 atom stereocenters. The number of para-hydroxylation sites is 1. The number of amides is 3. The third kappa shape index (κ3) is 7.51. The number of rotatable bonds is 10. The molecule has 2 aromatic heterocycles. The number of hydrogen-bond acceptors (Lipinski definition) is 6. The quantitative estimate of drug-likeness (QED) is 0.140. The molecule has 3 aromatic carbocycles. The molecule has 0 radical (unpaired) electrons. The maximum Gasteiger partial charge on any atom is 0.295 e. The van der Waals surface area contributed by atoms with Crippen molar-refractivity contribution in [2.45, 2.75) is 24.0 Å². The van der Waals surface area contributed by atoms with E-state index in [0.717, 1.165) is 4.90 Å². The summed E-state index contributed by atoms with van der Waals surface area (Å²) >= 11 is 1.32. The van der Waals surface area contributed by atoms with Crippen LogP contribution in [0.2, 0.25) is 0 Å². The van der Waals surface area contributed by atoms with Crippen molar-refractivity contribution in [1.82, 2.24) is 19.7 Å². The lowest BCUT2D eigenvalue weighted by atomic mass is 10.2. The molecule has 0 saturated carbocycles. The Morgan fingerprint density at radius 3 is 2.20 bits per heavy atom. The summed E-state index contributed by atoms with van der Waals surface area (Å²) in [6.07, 6.45) is 4.76. The van der Waals surface area contributed by atoms with Crippen LogP contribution in [0.3, 0.4) is 0 Å². The normalized spacial score (nSPS) is 11.8. The van der Waals surface area contributed by atoms with Gasteiger partial charge in [-0.15, -0.1) is 11.8 Å². The van der Waals surface area contributed by atoms with Crippen LogP contribution in [0.25, 0.3) is 11.8 Å². The second-order valence-electron chi connectivity index (χ2n) is 10.3. The number of nitrogens with one attached hydrogen (secondary N) is 3. The standard InChI is InChI=1S/C35H32N6O4S/c1-23-31(35(45)41(40(23)3)28-14-8-5-9-15-28)39-32(42)24(2)46-29-18-16-27(17-19-29)37-34(44)30(21-25-11-10-20-36-22-25)38-33(43)26-12-6-4-7-13-26/h4-22,24H,1-3H3,(H,37,44)(H,38,43)(H,39,42)/b30-21-. The van der Waals surface area contributed by atoms with E-state index in [1.807, 2.05) is 30.3 Å². The molecule has 10 nitrogen and oxygen atoms in total. The van der Waals surface area contributed by atoms with Crippen molar-refractivity contribution >= 4 is 46.9 Å². The lowest BCUT2D eigenvalue weighted by molar-refractivity contribution is -0.115. The first-order valence-electron chi connectivity index (χ1n) is 14.4. The fraction of sp³-hybridized carbons (Fsp3) is 0.114. The smallest absolute Gasteiger partial charge is 0.295 e. The van der Waals surface area contributed by atoms with Gasteiger partial charge in [-0.05, 0) is 80.1 Å². The number of benzene rings is 3. The van der Waals surface area contributed by atoms with Gasteiger partial charge in [0.05, 0.1) is 16.6 Å². The number of hydrogen-bond donors (Lipinski definition) is 3. The molecule has 11 heteroatoms. The van der Waals surface area contributed by atoms with Crippen LogP contribution >= 0.6 is 11.8 Å². The fourth-order valence-electron chi connectivity index (χ4n) is 4.58. The van der Waals surface area contributed by atoms with E-state index in [1.165, 1.54) is 16.4 Å². The number of thioether (sulfide) groups is 1. The number of carbonyl (C=O) groups excluding carboxylic acids is 3. The Morgan fingerprint density at radius 2 is 1.54 bits per heavy atom. The molecule has 3 N–H and O–H groups in total. The largest absolute Gasteiger partial charge is 0.321 e. The van der Waals surface area contributed by atoms with Crippen LogP contribution in [0.1, 0.15) is 28.5 Å². The highest BCUT2D eigenvalue weighted by molar-refractivity contribution is 8.00. The molecule has 0 fully saturated rings. The molecule has 0 saturated heterocycles. The minimum atomic E-state index is -0.521.